The van der Waals surface area contributed by atoms with Gasteiger partial charge in [-0.15, -0.1) is 0 Å². The molecule has 0 aromatic carbocycles. The minimum absolute atomic E-state index is 0.119. The first-order valence-corrected chi connectivity index (χ1v) is 8.00. The Morgan fingerprint density at radius 1 is 1.33 bits per heavy atom. The number of aryl methyl sites for hydroxylation is 1. The summed E-state index contributed by atoms with van der Waals surface area (Å²) >= 11 is 0. The first-order chi connectivity index (χ1) is 9.93. The third-order valence-electron chi connectivity index (χ3n) is 4.61. The molecular weight excluding hydrogens is 264 g/mol. The highest BCUT2D eigenvalue weighted by Crippen LogP contribution is 2.30. The molecule has 0 atom stereocenters. The molecule has 0 spiro atoms. The lowest BCUT2D eigenvalue weighted by molar-refractivity contribution is -0.121. The molecule has 1 fully saturated rings. The van der Waals surface area contributed by atoms with Gasteiger partial charge < -0.3 is 11.1 Å². The van der Waals surface area contributed by atoms with Gasteiger partial charge in [-0.1, -0.05) is 0 Å². The van der Waals surface area contributed by atoms with Crippen LogP contribution in [0.4, 0.5) is 5.69 Å². The van der Waals surface area contributed by atoms with Gasteiger partial charge in [0, 0.05) is 12.0 Å². The van der Waals surface area contributed by atoms with Crippen molar-refractivity contribution >= 4 is 11.6 Å². The number of anilines is 1. The van der Waals surface area contributed by atoms with Crippen molar-refractivity contribution in [1.29, 1.82) is 0 Å². The summed E-state index contributed by atoms with van der Waals surface area (Å²) in [5.41, 5.74) is 8.52. The number of carbonyl (C=O) groups is 1. The fourth-order valence-corrected chi connectivity index (χ4v) is 3.23. The van der Waals surface area contributed by atoms with Crippen LogP contribution >= 0.6 is 0 Å². The average molecular weight is 292 g/mol. The summed E-state index contributed by atoms with van der Waals surface area (Å²) in [4.78, 5) is 12.5. The van der Waals surface area contributed by atoms with Gasteiger partial charge in [-0.3, -0.25) is 9.48 Å². The van der Waals surface area contributed by atoms with Gasteiger partial charge in [-0.05, 0) is 65.8 Å². The fourth-order valence-electron chi connectivity index (χ4n) is 3.23. The zero-order valence-electron chi connectivity index (χ0n) is 13.6. The molecule has 1 saturated carbocycles. The van der Waals surface area contributed by atoms with Crippen molar-refractivity contribution in [3.05, 3.63) is 11.4 Å². The number of amides is 1. The van der Waals surface area contributed by atoms with Gasteiger partial charge >= 0.3 is 0 Å². The Labute approximate surface area is 127 Å². The summed E-state index contributed by atoms with van der Waals surface area (Å²) in [5, 5.41) is 7.62. The maximum atomic E-state index is 12.5. The second-order valence-corrected chi connectivity index (χ2v) is 6.53. The molecule has 1 aromatic rings. The maximum absolute atomic E-state index is 12.5. The van der Waals surface area contributed by atoms with Gasteiger partial charge in [0.25, 0.3) is 0 Å². The molecule has 0 radical (unpaired) electrons. The van der Waals surface area contributed by atoms with Crippen molar-refractivity contribution in [1.82, 2.24) is 9.78 Å². The van der Waals surface area contributed by atoms with Crippen LogP contribution in [0.1, 0.15) is 57.0 Å². The zero-order valence-corrected chi connectivity index (χ0v) is 13.6. The van der Waals surface area contributed by atoms with E-state index < -0.39 is 0 Å². The van der Waals surface area contributed by atoms with E-state index in [2.05, 4.69) is 24.3 Å². The van der Waals surface area contributed by atoms with Crippen molar-refractivity contribution in [2.75, 3.05) is 11.9 Å². The molecule has 1 aliphatic rings. The van der Waals surface area contributed by atoms with Crippen LogP contribution in [0.15, 0.2) is 0 Å². The molecule has 5 nitrogen and oxygen atoms in total. The molecule has 3 N–H and O–H groups in total. The molecule has 21 heavy (non-hydrogen) atoms. The second-order valence-electron chi connectivity index (χ2n) is 6.53. The van der Waals surface area contributed by atoms with E-state index in [9.17, 15) is 4.79 Å². The van der Waals surface area contributed by atoms with Gasteiger partial charge in [-0.2, -0.15) is 5.10 Å². The van der Waals surface area contributed by atoms with Crippen molar-refractivity contribution in [2.24, 2.45) is 17.6 Å². The highest BCUT2D eigenvalue weighted by atomic mass is 16.1. The van der Waals surface area contributed by atoms with E-state index in [0.29, 0.717) is 12.0 Å². The average Bonchev–Trinajstić information content (AvgIpc) is 2.75. The van der Waals surface area contributed by atoms with E-state index in [-0.39, 0.29) is 11.8 Å². The first kappa shape index (κ1) is 16.0. The minimum Gasteiger partial charge on any atom is -0.330 e. The Morgan fingerprint density at radius 3 is 2.43 bits per heavy atom. The highest BCUT2D eigenvalue weighted by molar-refractivity contribution is 5.93. The predicted molar refractivity (Wildman–Crippen MR) is 85.2 cm³/mol. The minimum atomic E-state index is 0.119. The molecule has 1 amide bonds. The van der Waals surface area contributed by atoms with E-state index in [1.807, 2.05) is 18.5 Å². The van der Waals surface area contributed by atoms with Gasteiger partial charge in [0.05, 0.1) is 17.1 Å². The van der Waals surface area contributed by atoms with Crippen LogP contribution in [-0.4, -0.2) is 22.2 Å². The lowest BCUT2D eigenvalue weighted by Gasteiger charge is -2.26. The molecule has 1 aromatic heterocycles. The van der Waals surface area contributed by atoms with Crippen molar-refractivity contribution in [2.45, 2.75) is 59.4 Å². The summed E-state index contributed by atoms with van der Waals surface area (Å²) in [5.74, 6) is 0.857. The monoisotopic (exact) mass is 292 g/mol. The van der Waals surface area contributed by atoms with Gasteiger partial charge in [0.2, 0.25) is 5.91 Å². The number of aromatic nitrogens is 2. The quantitative estimate of drug-likeness (QED) is 0.896. The first-order valence-electron chi connectivity index (χ1n) is 8.00. The SMILES string of the molecule is Cc1nn(C(C)C)c(C)c1NC(=O)C1CCC(CN)CC1. The number of nitrogens with two attached hydrogens (primary N) is 1. The zero-order chi connectivity index (χ0) is 15.6. The van der Waals surface area contributed by atoms with Crippen LogP contribution in [0.25, 0.3) is 0 Å². The van der Waals surface area contributed by atoms with Crippen LogP contribution < -0.4 is 11.1 Å². The fraction of sp³-hybridized carbons (Fsp3) is 0.750. The highest BCUT2D eigenvalue weighted by Gasteiger charge is 2.27. The van der Waals surface area contributed by atoms with Crippen LogP contribution in [-0.2, 0) is 4.79 Å². The summed E-state index contributed by atoms with van der Waals surface area (Å²) in [6.45, 7) is 8.90. The molecule has 118 valence electrons. The Bertz CT molecular complexity index is 499. The Hall–Kier alpha value is -1.36. The summed E-state index contributed by atoms with van der Waals surface area (Å²) in [7, 11) is 0. The molecule has 0 aliphatic heterocycles. The van der Waals surface area contributed by atoms with Gasteiger partial charge in [0.15, 0.2) is 0 Å². The molecule has 0 saturated heterocycles. The van der Waals surface area contributed by atoms with Gasteiger partial charge in [-0.25, -0.2) is 0 Å². The van der Waals surface area contributed by atoms with E-state index in [4.69, 9.17) is 5.73 Å². The summed E-state index contributed by atoms with van der Waals surface area (Å²) in [6.07, 6.45) is 4.03. The largest absolute Gasteiger partial charge is 0.330 e. The molecule has 5 heteroatoms. The maximum Gasteiger partial charge on any atom is 0.227 e. The van der Waals surface area contributed by atoms with Crippen LogP contribution in [0.2, 0.25) is 0 Å². The predicted octanol–water partition coefficient (Wildman–Crippen LogP) is 2.78. The number of hydrogen-bond donors (Lipinski definition) is 2. The lowest BCUT2D eigenvalue weighted by atomic mass is 9.81. The standard InChI is InChI=1S/C16H28N4O/c1-10(2)20-12(4)15(11(3)19-20)18-16(21)14-7-5-13(9-17)6-8-14/h10,13-14H,5-9,17H2,1-4H3,(H,18,21). The van der Waals surface area contributed by atoms with Crippen molar-refractivity contribution < 1.29 is 4.79 Å². The topological polar surface area (TPSA) is 72.9 Å². The molecule has 1 heterocycles. The summed E-state index contributed by atoms with van der Waals surface area (Å²) in [6, 6.07) is 0.300. The Morgan fingerprint density at radius 2 is 1.95 bits per heavy atom. The van der Waals surface area contributed by atoms with E-state index in [1.165, 1.54) is 0 Å². The van der Waals surface area contributed by atoms with Gasteiger partial charge in [0.1, 0.15) is 0 Å². The Balaban J connectivity index is 2.03. The number of nitrogens with one attached hydrogen (secondary N) is 1. The van der Waals surface area contributed by atoms with Crippen LogP contribution in [0.5, 0.6) is 0 Å². The lowest BCUT2D eigenvalue weighted by Crippen LogP contribution is -2.29. The van der Waals surface area contributed by atoms with Crippen LogP contribution in [0, 0.1) is 25.7 Å². The smallest absolute Gasteiger partial charge is 0.227 e. The second kappa shape index (κ2) is 6.60. The van der Waals surface area contributed by atoms with Crippen molar-refractivity contribution in [3.8, 4) is 0 Å². The molecule has 1 aliphatic carbocycles. The van der Waals surface area contributed by atoms with E-state index in [1.54, 1.807) is 0 Å². The number of hydrogen-bond acceptors (Lipinski definition) is 3. The third-order valence-corrected chi connectivity index (χ3v) is 4.61. The number of nitrogens with zero attached hydrogens (tertiary/aromatic N) is 2. The normalized spacial score (nSPS) is 22.6. The molecule has 0 unspecified atom stereocenters. The van der Waals surface area contributed by atoms with Crippen molar-refractivity contribution in [3.63, 3.8) is 0 Å². The molecule has 0 bridgehead atoms. The Kier molecular flexibility index (Phi) is 5.04. The molecule has 2 rings (SSSR count). The van der Waals surface area contributed by atoms with Crippen LogP contribution in [0.3, 0.4) is 0 Å². The molecular formula is C16H28N4O. The van der Waals surface area contributed by atoms with E-state index in [0.717, 1.165) is 49.3 Å². The van der Waals surface area contributed by atoms with E-state index >= 15 is 0 Å². The number of rotatable bonds is 4. The number of carbonyl (C=O) groups excluding carboxylic acids is 1. The summed E-state index contributed by atoms with van der Waals surface area (Å²) < 4.78 is 1.97. The third kappa shape index (κ3) is 3.46.